The first-order valence-corrected chi connectivity index (χ1v) is 7.98. The molecular weight excluding hydrogens is 325 g/mol. The second-order valence-electron chi connectivity index (χ2n) is 5.48. The lowest BCUT2D eigenvalue weighted by Gasteiger charge is -2.26. The fourth-order valence-corrected chi connectivity index (χ4v) is 3.09. The average molecular weight is 344 g/mol. The van der Waals surface area contributed by atoms with Gasteiger partial charge in [0.2, 0.25) is 11.8 Å². The molecule has 2 rings (SSSR count). The predicted molar refractivity (Wildman–Crippen MR) is 88.1 cm³/mol. The molecule has 0 aromatic heterocycles. The van der Waals surface area contributed by atoms with Gasteiger partial charge >= 0.3 is 0 Å². The molecule has 1 aliphatic rings. The minimum atomic E-state index is -0.430. The smallest absolute Gasteiger partial charge is 0.238 e. The standard InChI is InChI=1S/C15H19Cl2N3O2/c16-10-5-6-12(17)13(7-10)19-15(22)9-20(8-14(18)21)11-3-1-2-4-11/h5-7,11H,1-4,8-9H2,(H2,18,21)(H,19,22). The topological polar surface area (TPSA) is 75.4 Å². The molecule has 0 heterocycles. The quantitative estimate of drug-likeness (QED) is 0.833. The van der Waals surface area contributed by atoms with Crippen molar-refractivity contribution >= 4 is 40.7 Å². The minimum Gasteiger partial charge on any atom is -0.369 e. The Bertz CT molecular complexity index is 560. The second kappa shape index (κ2) is 7.81. The zero-order chi connectivity index (χ0) is 16.1. The number of hydrogen-bond donors (Lipinski definition) is 2. The van der Waals surface area contributed by atoms with Crippen molar-refractivity contribution in [3.63, 3.8) is 0 Å². The summed E-state index contributed by atoms with van der Waals surface area (Å²) in [6.07, 6.45) is 4.19. The molecule has 0 unspecified atom stereocenters. The molecule has 0 atom stereocenters. The van der Waals surface area contributed by atoms with Crippen molar-refractivity contribution in [2.75, 3.05) is 18.4 Å². The molecule has 120 valence electrons. The van der Waals surface area contributed by atoms with E-state index in [1.807, 2.05) is 4.90 Å². The van der Waals surface area contributed by atoms with Crippen molar-refractivity contribution in [3.8, 4) is 0 Å². The summed E-state index contributed by atoms with van der Waals surface area (Å²) in [5.41, 5.74) is 5.74. The lowest BCUT2D eigenvalue weighted by atomic mass is 10.2. The van der Waals surface area contributed by atoms with E-state index in [-0.39, 0.29) is 25.0 Å². The lowest BCUT2D eigenvalue weighted by molar-refractivity contribution is -0.122. The van der Waals surface area contributed by atoms with Crippen molar-refractivity contribution in [3.05, 3.63) is 28.2 Å². The van der Waals surface area contributed by atoms with Crippen LogP contribution in [0.3, 0.4) is 0 Å². The van der Waals surface area contributed by atoms with Crippen molar-refractivity contribution < 1.29 is 9.59 Å². The molecule has 1 fully saturated rings. The number of hydrogen-bond acceptors (Lipinski definition) is 3. The summed E-state index contributed by atoms with van der Waals surface area (Å²) in [7, 11) is 0. The van der Waals surface area contributed by atoms with Crippen LogP contribution < -0.4 is 11.1 Å². The summed E-state index contributed by atoms with van der Waals surface area (Å²) in [6.45, 7) is 0.192. The van der Waals surface area contributed by atoms with Crippen LogP contribution in [-0.4, -0.2) is 35.8 Å². The van der Waals surface area contributed by atoms with Gasteiger partial charge in [0.15, 0.2) is 0 Å². The molecule has 2 amide bonds. The minimum absolute atomic E-state index is 0.0847. The van der Waals surface area contributed by atoms with Crippen LogP contribution in [0.25, 0.3) is 0 Å². The molecule has 1 saturated carbocycles. The summed E-state index contributed by atoms with van der Waals surface area (Å²) < 4.78 is 0. The number of carbonyl (C=O) groups excluding carboxylic acids is 2. The van der Waals surface area contributed by atoms with Crippen LogP contribution in [-0.2, 0) is 9.59 Å². The highest BCUT2D eigenvalue weighted by Crippen LogP contribution is 2.26. The summed E-state index contributed by atoms with van der Waals surface area (Å²) in [4.78, 5) is 25.3. The van der Waals surface area contributed by atoms with Gasteiger partial charge in [-0.25, -0.2) is 0 Å². The van der Waals surface area contributed by atoms with Gasteiger partial charge < -0.3 is 11.1 Å². The molecule has 0 radical (unpaired) electrons. The van der Waals surface area contributed by atoms with Crippen molar-refractivity contribution in [1.82, 2.24) is 4.90 Å². The maximum absolute atomic E-state index is 12.2. The molecule has 1 aromatic rings. The molecule has 1 aliphatic carbocycles. The van der Waals surface area contributed by atoms with Crippen molar-refractivity contribution in [2.24, 2.45) is 5.73 Å². The van der Waals surface area contributed by atoms with Crippen LogP contribution in [0.1, 0.15) is 25.7 Å². The van der Waals surface area contributed by atoms with Crippen LogP contribution in [0.15, 0.2) is 18.2 Å². The number of anilines is 1. The Labute approximate surface area is 139 Å². The fraction of sp³-hybridized carbons (Fsp3) is 0.467. The number of nitrogens with zero attached hydrogens (tertiary/aromatic N) is 1. The lowest BCUT2D eigenvalue weighted by Crippen LogP contribution is -2.44. The van der Waals surface area contributed by atoms with Crippen molar-refractivity contribution in [1.29, 1.82) is 0 Å². The van der Waals surface area contributed by atoms with Gasteiger partial charge in [0, 0.05) is 11.1 Å². The second-order valence-corrected chi connectivity index (χ2v) is 6.33. The van der Waals surface area contributed by atoms with E-state index in [1.165, 1.54) is 0 Å². The molecule has 0 bridgehead atoms. The maximum atomic E-state index is 12.2. The van der Waals surface area contributed by atoms with Crippen LogP contribution in [0.5, 0.6) is 0 Å². The van der Waals surface area contributed by atoms with E-state index in [9.17, 15) is 9.59 Å². The molecular formula is C15H19Cl2N3O2. The van der Waals surface area contributed by atoms with E-state index in [4.69, 9.17) is 28.9 Å². The summed E-state index contributed by atoms with van der Waals surface area (Å²) >= 11 is 11.9. The van der Waals surface area contributed by atoms with Gasteiger partial charge in [-0.05, 0) is 31.0 Å². The first-order chi connectivity index (χ1) is 10.5. The van der Waals surface area contributed by atoms with E-state index in [2.05, 4.69) is 5.32 Å². The third-order valence-electron chi connectivity index (χ3n) is 3.75. The van der Waals surface area contributed by atoms with Crippen LogP contribution in [0, 0.1) is 0 Å². The first-order valence-electron chi connectivity index (χ1n) is 7.23. The van der Waals surface area contributed by atoms with Crippen molar-refractivity contribution in [2.45, 2.75) is 31.7 Å². The first kappa shape index (κ1) is 17.1. The van der Waals surface area contributed by atoms with E-state index in [0.29, 0.717) is 15.7 Å². The molecule has 1 aromatic carbocycles. The van der Waals surface area contributed by atoms with Crippen LogP contribution >= 0.6 is 23.2 Å². The molecule has 7 heteroatoms. The Morgan fingerprint density at radius 3 is 2.55 bits per heavy atom. The molecule has 0 aliphatic heterocycles. The number of nitrogens with two attached hydrogens (primary N) is 1. The van der Waals surface area contributed by atoms with Gasteiger partial charge in [0.1, 0.15) is 0 Å². The Morgan fingerprint density at radius 2 is 1.91 bits per heavy atom. The average Bonchev–Trinajstić information content (AvgIpc) is 2.95. The highest BCUT2D eigenvalue weighted by Gasteiger charge is 2.25. The number of nitrogens with one attached hydrogen (secondary N) is 1. The third-order valence-corrected chi connectivity index (χ3v) is 4.31. The monoisotopic (exact) mass is 343 g/mol. The Kier molecular flexibility index (Phi) is 6.06. The van der Waals surface area contributed by atoms with Gasteiger partial charge in [0.05, 0.1) is 23.8 Å². The number of primary amides is 1. The Balaban J connectivity index is 2.00. The molecule has 0 saturated heterocycles. The number of rotatable bonds is 6. The summed E-state index contributed by atoms with van der Waals surface area (Å²) in [6, 6.07) is 5.10. The van der Waals surface area contributed by atoms with E-state index in [0.717, 1.165) is 25.7 Å². The van der Waals surface area contributed by atoms with E-state index in [1.54, 1.807) is 18.2 Å². The number of halogens is 2. The third kappa shape index (κ3) is 4.87. The number of carbonyl (C=O) groups is 2. The van der Waals surface area contributed by atoms with E-state index < -0.39 is 5.91 Å². The van der Waals surface area contributed by atoms with Gasteiger partial charge in [-0.2, -0.15) is 0 Å². The van der Waals surface area contributed by atoms with Gasteiger partial charge in [0.25, 0.3) is 0 Å². The SMILES string of the molecule is NC(=O)CN(CC(=O)Nc1cc(Cl)ccc1Cl)C1CCCC1. The number of benzene rings is 1. The van der Waals surface area contributed by atoms with Gasteiger partial charge in [-0.3, -0.25) is 14.5 Å². The molecule has 0 spiro atoms. The van der Waals surface area contributed by atoms with E-state index >= 15 is 0 Å². The highest BCUT2D eigenvalue weighted by atomic mass is 35.5. The van der Waals surface area contributed by atoms with Gasteiger partial charge in [-0.15, -0.1) is 0 Å². The number of amides is 2. The zero-order valence-corrected chi connectivity index (χ0v) is 13.7. The largest absolute Gasteiger partial charge is 0.369 e. The summed E-state index contributed by atoms with van der Waals surface area (Å²) in [5.74, 6) is -0.669. The maximum Gasteiger partial charge on any atom is 0.238 e. The Morgan fingerprint density at radius 1 is 1.23 bits per heavy atom. The molecule has 5 nitrogen and oxygen atoms in total. The predicted octanol–water partition coefficient (Wildman–Crippen LogP) is 2.66. The molecule has 22 heavy (non-hydrogen) atoms. The highest BCUT2D eigenvalue weighted by molar-refractivity contribution is 6.35. The molecule has 3 N–H and O–H groups in total. The normalized spacial score (nSPS) is 15.2. The zero-order valence-electron chi connectivity index (χ0n) is 12.1. The summed E-state index contributed by atoms with van der Waals surface area (Å²) in [5, 5.41) is 3.64. The Hall–Kier alpha value is -1.30. The fourth-order valence-electron chi connectivity index (χ4n) is 2.75. The van der Waals surface area contributed by atoms with Crippen LogP contribution in [0.2, 0.25) is 10.0 Å². The van der Waals surface area contributed by atoms with Crippen LogP contribution in [0.4, 0.5) is 5.69 Å². The van der Waals surface area contributed by atoms with Gasteiger partial charge in [-0.1, -0.05) is 36.0 Å².